The number of aryl methyl sites for hydroxylation is 1. The van der Waals surface area contributed by atoms with E-state index < -0.39 is 5.97 Å². The first-order chi connectivity index (χ1) is 15.4. The Morgan fingerprint density at radius 1 is 1.19 bits per heavy atom. The van der Waals surface area contributed by atoms with Crippen molar-refractivity contribution in [1.29, 1.82) is 0 Å². The molecule has 9 heteroatoms. The number of nitrogens with zero attached hydrogens (tertiary/aromatic N) is 2. The summed E-state index contributed by atoms with van der Waals surface area (Å²) in [7, 11) is 0. The second-order valence-corrected chi connectivity index (χ2v) is 9.69. The number of ether oxygens (including phenoxy) is 1. The van der Waals surface area contributed by atoms with Crippen molar-refractivity contribution in [1.82, 2.24) is 14.9 Å². The highest BCUT2D eigenvalue weighted by Crippen LogP contribution is 2.47. The average Bonchev–Trinajstić information content (AvgIpc) is 3.16. The van der Waals surface area contributed by atoms with Crippen LogP contribution in [-0.2, 0) is 24.2 Å². The number of aromatic carboxylic acids is 1. The molecule has 1 saturated heterocycles. The molecule has 32 heavy (non-hydrogen) atoms. The van der Waals surface area contributed by atoms with Gasteiger partial charge in [0, 0.05) is 18.0 Å². The summed E-state index contributed by atoms with van der Waals surface area (Å²) in [5.41, 5.74) is 1.68. The normalized spacial score (nSPS) is 17.3. The molecule has 0 unspecified atom stereocenters. The van der Waals surface area contributed by atoms with E-state index in [1.807, 2.05) is 30.3 Å². The Kier molecular flexibility index (Phi) is 5.21. The van der Waals surface area contributed by atoms with Gasteiger partial charge in [0.05, 0.1) is 5.39 Å². The Morgan fingerprint density at radius 2 is 1.94 bits per heavy atom. The third kappa shape index (κ3) is 3.77. The second-order valence-electron chi connectivity index (χ2n) is 8.61. The van der Waals surface area contributed by atoms with Crippen LogP contribution in [0.3, 0.4) is 0 Å². The molecule has 1 aliphatic carbocycles. The van der Waals surface area contributed by atoms with Gasteiger partial charge in [-0.25, -0.2) is 14.6 Å². The predicted molar refractivity (Wildman–Crippen MR) is 119 cm³/mol. The predicted octanol–water partition coefficient (Wildman–Crippen LogP) is 3.59. The van der Waals surface area contributed by atoms with E-state index in [4.69, 9.17) is 4.74 Å². The number of amides is 1. The number of hydrogen-bond donors (Lipinski definition) is 2. The minimum absolute atomic E-state index is 0.0898. The van der Waals surface area contributed by atoms with Crippen LogP contribution < -0.4 is 5.56 Å². The molecule has 2 aromatic heterocycles. The summed E-state index contributed by atoms with van der Waals surface area (Å²) in [6, 6.07) is 9.64. The monoisotopic (exact) mass is 453 g/mol. The number of likely N-dealkylation sites (tertiary alicyclic amines) is 1. The molecule has 166 valence electrons. The lowest BCUT2D eigenvalue weighted by Crippen LogP contribution is -2.45. The number of benzene rings is 1. The Hall–Kier alpha value is -3.20. The summed E-state index contributed by atoms with van der Waals surface area (Å²) >= 11 is 1.43. The molecule has 8 nitrogen and oxygen atoms in total. The number of fused-ring (bicyclic) bond motifs is 3. The molecule has 1 aliphatic heterocycles. The van der Waals surface area contributed by atoms with Crippen molar-refractivity contribution in [2.45, 2.75) is 38.7 Å². The van der Waals surface area contributed by atoms with Gasteiger partial charge in [0.25, 0.3) is 5.56 Å². The molecular weight excluding hydrogens is 430 g/mol. The van der Waals surface area contributed by atoms with Gasteiger partial charge in [0.1, 0.15) is 11.4 Å². The van der Waals surface area contributed by atoms with Gasteiger partial charge in [-0.1, -0.05) is 30.3 Å². The molecule has 3 aromatic rings. The maximum absolute atomic E-state index is 12.5. The highest BCUT2D eigenvalue weighted by atomic mass is 32.1. The molecule has 0 bridgehead atoms. The summed E-state index contributed by atoms with van der Waals surface area (Å²) in [4.78, 5) is 46.1. The van der Waals surface area contributed by atoms with E-state index >= 15 is 0 Å². The van der Waals surface area contributed by atoms with Crippen molar-refractivity contribution < 1.29 is 19.4 Å². The van der Waals surface area contributed by atoms with E-state index in [0.29, 0.717) is 23.3 Å². The van der Waals surface area contributed by atoms with E-state index in [2.05, 4.69) is 9.97 Å². The zero-order valence-electron chi connectivity index (χ0n) is 17.4. The highest BCUT2D eigenvalue weighted by Gasteiger charge is 2.40. The number of carboxylic acids is 1. The van der Waals surface area contributed by atoms with Crippen LogP contribution in [0.4, 0.5) is 4.79 Å². The van der Waals surface area contributed by atoms with Crippen LogP contribution in [0.15, 0.2) is 35.1 Å². The number of rotatable bonds is 3. The molecule has 3 heterocycles. The van der Waals surface area contributed by atoms with E-state index in [1.54, 1.807) is 4.90 Å². The Morgan fingerprint density at radius 3 is 2.66 bits per heavy atom. The number of nitrogens with one attached hydrogen (secondary N) is 1. The number of thiophene rings is 1. The fraction of sp³-hybridized carbons (Fsp3) is 0.391. The number of carbonyl (C=O) groups is 2. The van der Waals surface area contributed by atoms with Gasteiger partial charge in [0.15, 0.2) is 0 Å². The van der Waals surface area contributed by atoms with Crippen molar-refractivity contribution >= 4 is 33.6 Å². The first-order valence-corrected chi connectivity index (χ1v) is 11.5. The minimum atomic E-state index is -1.24. The van der Waals surface area contributed by atoms with E-state index in [0.717, 1.165) is 48.1 Å². The second kappa shape index (κ2) is 8.05. The standard InChI is InChI=1S/C23H23N3O5S/c27-19-17-15-6-7-23(12-16(15)32-20(17)25-18(24-19)21(28)29)8-10-26(11-9-23)22(30)31-13-14-4-2-1-3-5-14/h1-5H,6-13H2,(H,28,29)(H,24,25,27). The summed E-state index contributed by atoms with van der Waals surface area (Å²) in [6.07, 6.45) is 4.03. The lowest BCUT2D eigenvalue weighted by atomic mass is 9.68. The van der Waals surface area contributed by atoms with Crippen molar-refractivity contribution in [3.8, 4) is 0 Å². The molecule has 1 spiro atoms. The third-order valence-corrected chi connectivity index (χ3v) is 7.80. The van der Waals surface area contributed by atoms with Crippen LogP contribution in [0.25, 0.3) is 10.2 Å². The van der Waals surface area contributed by atoms with Crippen molar-refractivity contribution in [2.24, 2.45) is 5.41 Å². The fourth-order valence-electron chi connectivity index (χ4n) is 4.84. The van der Waals surface area contributed by atoms with Crippen LogP contribution in [-0.4, -0.2) is 45.1 Å². The maximum Gasteiger partial charge on any atom is 0.410 e. The number of H-pyrrole nitrogens is 1. The van der Waals surface area contributed by atoms with Crippen LogP contribution in [0.1, 0.15) is 45.9 Å². The first kappa shape index (κ1) is 20.7. The van der Waals surface area contributed by atoms with Gasteiger partial charge < -0.3 is 19.7 Å². The highest BCUT2D eigenvalue weighted by molar-refractivity contribution is 7.18. The maximum atomic E-state index is 12.5. The zero-order chi connectivity index (χ0) is 22.3. The number of aromatic nitrogens is 2. The number of piperidine rings is 1. The Bertz CT molecular complexity index is 1240. The van der Waals surface area contributed by atoms with E-state index in [-0.39, 0.29) is 29.5 Å². The Labute approximate surface area is 187 Å². The summed E-state index contributed by atoms with van der Waals surface area (Å²) in [6.45, 7) is 1.57. The van der Waals surface area contributed by atoms with Crippen LogP contribution in [0.2, 0.25) is 0 Å². The topological polar surface area (TPSA) is 113 Å². The minimum Gasteiger partial charge on any atom is -0.475 e. The molecular formula is C23H23N3O5S. The Balaban J connectivity index is 1.27. The molecule has 1 fully saturated rings. The van der Waals surface area contributed by atoms with Gasteiger partial charge in [-0.3, -0.25) is 4.79 Å². The quantitative estimate of drug-likeness (QED) is 0.627. The first-order valence-electron chi connectivity index (χ1n) is 10.7. The molecule has 0 atom stereocenters. The number of carbonyl (C=O) groups excluding carboxylic acids is 1. The number of hydrogen-bond acceptors (Lipinski definition) is 6. The number of aromatic amines is 1. The van der Waals surface area contributed by atoms with Crippen molar-refractivity contribution in [2.75, 3.05) is 13.1 Å². The van der Waals surface area contributed by atoms with Gasteiger partial charge in [-0.2, -0.15) is 0 Å². The molecule has 0 saturated carbocycles. The summed E-state index contributed by atoms with van der Waals surface area (Å²) in [5.74, 6) is -1.56. The van der Waals surface area contributed by atoms with Gasteiger partial charge in [0.2, 0.25) is 5.82 Å². The lowest BCUT2D eigenvalue weighted by Gasteiger charge is -2.43. The SMILES string of the molecule is O=C(O)c1nc2sc3c(c2c(=O)[nH]1)CCC1(CCN(C(=O)OCc2ccccc2)CC1)C3. The van der Waals surface area contributed by atoms with Crippen molar-refractivity contribution in [3.63, 3.8) is 0 Å². The largest absolute Gasteiger partial charge is 0.475 e. The molecule has 1 aromatic carbocycles. The average molecular weight is 454 g/mol. The molecule has 2 aliphatic rings. The van der Waals surface area contributed by atoms with Crippen molar-refractivity contribution in [3.05, 3.63) is 62.5 Å². The van der Waals surface area contributed by atoms with Crippen LogP contribution in [0, 0.1) is 5.41 Å². The summed E-state index contributed by atoms with van der Waals surface area (Å²) < 4.78 is 5.48. The lowest BCUT2D eigenvalue weighted by molar-refractivity contribution is 0.0563. The van der Waals surface area contributed by atoms with Gasteiger partial charge >= 0.3 is 12.1 Å². The molecule has 5 rings (SSSR count). The van der Waals surface area contributed by atoms with E-state index in [1.165, 1.54) is 11.3 Å². The van der Waals surface area contributed by atoms with Gasteiger partial charge in [-0.05, 0) is 48.6 Å². The zero-order valence-corrected chi connectivity index (χ0v) is 18.2. The van der Waals surface area contributed by atoms with Gasteiger partial charge in [-0.15, -0.1) is 11.3 Å². The van der Waals surface area contributed by atoms with Crippen LogP contribution >= 0.6 is 11.3 Å². The third-order valence-electron chi connectivity index (χ3n) is 6.68. The smallest absolute Gasteiger partial charge is 0.410 e. The molecule has 0 radical (unpaired) electrons. The summed E-state index contributed by atoms with van der Waals surface area (Å²) in [5, 5.41) is 9.71. The number of carboxylic acid groups (broad SMARTS) is 1. The fourth-order valence-corrected chi connectivity index (χ4v) is 6.23. The van der Waals surface area contributed by atoms with Crippen LogP contribution in [0.5, 0.6) is 0 Å². The molecule has 2 N–H and O–H groups in total. The molecule has 1 amide bonds. The van der Waals surface area contributed by atoms with E-state index in [9.17, 15) is 19.5 Å².